The number of hydrogen-bond donors (Lipinski definition) is 1. The second-order valence-corrected chi connectivity index (χ2v) is 5.02. The zero-order chi connectivity index (χ0) is 12.7. The van der Waals surface area contributed by atoms with Gasteiger partial charge in [0, 0.05) is 12.4 Å². The molecule has 1 aromatic carbocycles. The summed E-state index contributed by atoms with van der Waals surface area (Å²) in [6, 6.07) is 5.96. The molecule has 0 aromatic heterocycles. The van der Waals surface area contributed by atoms with E-state index in [0.717, 1.165) is 23.0 Å². The molecule has 4 heteroatoms. The Morgan fingerprint density at radius 3 is 2.53 bits per heavy atom. The first-order chi connectivity index (χ1) is 8.21. The lowest BCUT2D eigenvalue weighted by molar-refractivity contribution is 0.250. The van der Waals surface area contributed by atoms with Crippen molar-refractivity contribution in [2.45, 2.75) is 12.7 Å². The lowest BCUT2D eigenvalue weighted by atomic mass is 10.2. The zero-order valence-corrected chi connectivity index (χ0v) is 11.4. The van der Waals surface area contributed by atoms with Gasteiger partial charge in [0.1, 0.15) is 0 Å². The highest BCUT2D eigenvalue weighted by atomic mass is 32.2. The molecule has 0 heterocycles. The summed E-state index contributed by atoms with van der Waals surface area (Å²) in [6.07, 6.45) is 0. The summed E-state index contributed by atoms with van der Waals surface area (Å²) >= 11 is 1.82. The maximum absolute atomic E-state index is 8.93. The summed E-state index contributed by atoms with van der Waals surface area (Å²) in [6.45, 7) is 2.29. The van der Waals surface area contributed by atoms with E-state index in [1.165, 1.54) is 5.56 Å². The van der Waals surface area contributed by atoms with Crippen molar-refractivity contribution < 1.29 is 14.6 Å². The number of hydrogen-bond acceptors (Lipinski definition) is 4. The Bertz CT molecular complexity index is 341. The second-order valence-electron chi connectivity index (χ2n) is 3.99. The van der Waals surface area contributed by atoms with Crippen LogP contribution in [0.3, 0.4) is 0 Å². The molecule has 0 aliphatic heterocycles. The van der Waals surface area contributed by atoms with Crippen LogP contribution in [0.25, 0.3) is 0 Å². The Morgan fingerprint density at radius 2 is 1.94 bits per heavy atom. The quantitative estimate of drug-likeness (QED) is 0.814. The van der Waals surface area contributed by atoms with Crippen LogP contribution in [0.2, 0.25) is 0 Å². The molecule has 0 saturated heterocycles. The smallest absolute Gasteiger partial charge is 0.161 e. The van der Waals surface area contributed by atoms with E-state index in [1.54, 1.807) is 14.2 Å². The fourth-order valence-corrected chi connectivity index (χ4v) is 2.44. The van der Waals surface area contributed by atoms with Crippen LogP contribution in [0.4, 0.5) is 0 Å². The Morgan fingerprint density at radius 1 is 1.24 bits per heavy atom. The van der Waals surface area contributed by atoms with Gasteiger partial charge in [0.25, 0.3) is 0 Å². The van der Waals surface area contributed by atoms with E-state index in [-0.39, 0.29) is 6.61 Å². The number of ether oxygens (including phenoxy) is 2. The van der Waals surface area contributed by atoms with Gasteiger partial charge >= 0.3 is 0 Å². The van der Waals surface area contributed by atoms with Gasteiger partial charge in [-0.15, -0.1) is 0 Å². The molecule has 1 N–H and O–H groups in total. The topological polar surface area (TPSA) is 38.7 Å². The molecule has 1 rings (SSSR count). The van der Waals surface area contributed by atoms with Crippen molar-refractivity contribution >= 4 is 11.8 Å². The molecule has 17 heavy (non-hydrogen) atoms. The average molecular weight is 256 g/mol. The molecule has 0 aliphatic rings. The lowest BCUT2D eigenvalue weighted by Gasteiger charge is -2.10. The number of benzene rings is 1. The highest BCUT2D eigenvalue weighted by molar-refractivity contribution is 7.98. The molecule has 1 unspecified atom stereocenters. The first kappa shape index (κ1) is 14.2. The molecule has 1 atom stereocenters. The number of aliphatic hydroxyl groups excluding tert-OH is 1. The minimum Gasteiger partial charge on any atom is -0.493 e. The summed E-state index contributed by atoms with van der Waals surface area (Å²) in [7, 11) is 3.28. The maximum Gasteiger partial charge on any atom is 0.161 e. The number of thioether (sulfide) groups is 1. The third-order valence-corrected chi connectivity index (χ3v) is 3.77. The van der Waals surface area contributed by atoms with Crippen LogP contribution in [0, 0.1) is 5.92 Å². The second kappa shape index (κ2) is 7.45. The summed E-state index contributed by atoms with van der Waals surface area (Å²) in [5.41, 5.74) is 1.21. The monoisotopic (exact) mass is 256 g/mol. The van der Waals surface area contributed by atoms with E-state index in [9.17, 15) is 0 Å². The van der Waals surface area contributed by atoms with Crippen LogP contribution in [0.1, 0.15) is 12.5 Å². The highest BCUT2D eigenvalue weighted by Crippen LogP contribution is 2.29. The summed E-state index contributed by atoms with van der Waals surface area (Å²) < 4.78 is 10.4. The predicted molar refractivity (Wildman–Crippen MR) is 72.0 cm³/mol. The SMILES string of the molecule is COc1ccc(CSCC(C)CO)cc1OC. The molecule has 0 bridgehead atoms. The van der Waals surface area contributed by atoms with Crippen LogP contribution in [0.15, 0.2) is 18.2 Å². The Kier molecular flexibility index (Phi) is 6.22. The molecule has 3 nitrogen and oxygen atoms in total. The average Bonchev–Trinajstić information content (AvgIpc) is 2.38. The van der Waals surface area contributed by atoms with Crippen molar-refractivity contribution in [2.24, 2.45) is 5.92 Å². The number of aliphatic hydroxyl groups is 1. The largest absolute Gasteiger partial charge is 0.493 e. The van der Waals surface area contributed by atoms with Crippen molar-refractivity contribution in [1.82, 2.24) is 0 Å². The van der Waals surface area contributed by atoms with E-state index < -0.39 is 0 Å². The molecule has 0 spiro atoms. The van der Waals surface area contributed by atoms with Gasteiger partial charge in [-0.2, -0.15) is 11.8 Å². The molecule has 1 aromatic rings. The maximum atomic E-state index is 8.93. The lowest BCUT2D eigenvalue weighted by Crippen LogP contribution is -2.03. The van der Waals surface area contributed by atoms with E-state index in [1.807, 2.05) is 36.9 Å². The minimum atomic E-state index is 0.249. The third kappa shape index (κ3) is 4.48. The van der Waals surface area contributed by atoms with Crippen molar-refractivity contribution in [3.05, 3.63) is 23.8 Å². The summed E-state index contributed by atoms with van der Waals surface area (Å²) in [4.78, 5) is 0. The van der Waals surface area contributed by atoms with E-state index in [0.29, 0.717) is 5.92 Å². The Balaban J connectivity index is 2.54. The third-order valence-electron chi connectivity index (χ3n) is 2.43. The van der Waals surface area contributed by atoms with Gasteiger partial charge < -0.3 is 14.6 Å². The number of methoxy groups -OCH3 is 2. The van der Waals surface area contributed by atoms with Gasteiger partial charge in [0.05, 0.1) is 14.2 Å². The first-order valence-corrected chi connectivity index (χ1v) is 6.76. The van der Waals surface area contributed by atoms with Gasteiger partial charge in [-0.1, -0.05) is 13.0 Å². The molecule has 0 radical (unpaired) electrons. The molecule has 0 saturated carbocycles. The Labute approximate surface area is 107 Å². The molecule has 0 amide bonds. The van der Waals surface area contributed by atoms with Crippen molar-refractivity contribution in [3.63, 3.8) is 0 Å². The normalized spacial score (nSPS) is 12.2. The van der Waals surface area contributed by atoms with Crippen LogP contribution in [0.5, 0.6) is 11.5 Å². The minimum absolute atomic E-state index is 0.249. The van der Waals surface area contributed by atoms with E-state index in [4.69, 9.17) is 14.6 Å². The van der Waals surface area contributed by atoms with Gasteiger partial charge in [0.2, 0.25) is 0 Å². The van der Waals surface area contributed by atoms with Crippen LogP contribution < -0.4 is 9.47 Å². The van der Waals surface area contributed by atoms with Gasteiger partial charge in [-0.25, -0.2) is 0 Å². The fraction of sp³-hybridized carbons (Fsp3) is 0.538. The highest BCUT2D eigenvalue weighted by Gasteiger charge is 2.05. The van der Waals surface area contributed by atoms with Crippen molar-refractivity contribution in [2.75, 3.05) is 26.6 Å². The molecular weight excluding hydrogens is 236 g/mol. The van der Waals surface area contributed by atoms with Crippen molar-refractivity contribution in [3.8, 4) is 11.5 Å². The van der Waals surface area contributed by atoms with Crippen molar-refractivity contribution in [1.29, 1.82) is 0 Å². The predicted octanol–water partition coefficient (Wildman–Crippen LogP) is 2.57. The van der Waals surface area contributed by atoms with Gasteiger partial charge in [0.15, 0.2) is 11.5 Å². The molecule has 0 fully saturated rings. The van der Waals surface area contributed by atoms with Crippen LogP contribution in [-0.4, -0.2) is 31.7 Å². The Hall–Kier alpha value is -0.870. The van der Waals surface area contributed by atoms with Gasteiger partial charge in [-0.05, 0) is 29.4 Å². The van der Waals surface area contributed by atoms with Gasteiger partial charge in [-0.3, -0.25) is 0 Å². The number of rotatable bonds is 7. The summed E-state index contributed by atoms with van der Waals surface area (Å²) in [5, 5.41) is 8.93. The summed E-state index contributed by atoms with van der Waals surface area (Å²) in [5.74, 6) is 3.75. The zero-order valence-electron chi connectivity index (χ0n) is 10.6. The molecule has 0 aliphatic carbocycles. The van der Waals surface area contributed by atoms with Crippen LogP contribution >= 0.6 is 11.8 Å². The van der Waals surface area contributed by atoms with E-state index in [2.05, 4.69) is 0 Å². The van der Waals surface area contributed by atoms with Crippen LogP contribution in [-0.2, 0) is 5.75 Å². The fourth-order valence-electron chi connectivity index (χ4n) is 1.40. The van der Waals surface area contributed by atoms with E-state index >= 15 is 0 Å². The standard InChI is InChI=1S/C13H20O3S/c1-10(7-14)8-17-9-11-4-5-12(15-2)13(6-11)16-3/h4-6,10,14H,7-9H2,1-3H3. The molecular formula is C13H20O3S. The first-order valence-electron chi connectivity index (χ1n) is 5.60. The molecule has 96 valence electrons.